The van der Waals surface area contributed by atoms with Crippen molar-refractivity contribution < 1.29 is 9.90 Å². The Kier molecular flexibility index (Phi) is 4.89. The monoisotopic (exact) mass is 242 g/mol. The van der Waals surface area contributed by atoms with Gasteiger partial charge in [-0.25, -0.2) is 4.98 Å². The zero-order valence-electron chi connectivity index (χ0n) is 9.99. The van der Waals surface area contributed by atoms with Crippen LogP contribution in [0.25, 0.3) is 0 Å². The Morgan fingerprint density at radius 1 is 1.50 bits per heavy atom. The fourth-order valence-corrected chi connectivity index (χ4v) is 2.50. The molecule has 0 saturated heterocycles. The highest BCUT2D eigenvalue weighted by atomic mass is 32.1. The molecule has 0 aliphatic rings. The van der Waals surface area contributed by atoms with Gasteiger partial charge in [0.1, 0.15) is 5.01 Å². The van der Waals surface area contributed by atoms with E-state index >= 15 is 0 Å². The quantitative estimate of drug-likeness (QED) is 0.829. The summed E-state index contributed by atoms with van der Waals surface area (Å²) in [6.45, 7) is 7.59. The third kappa shape index (κ3) is 3.90. The lowest BCUT2D eigenvalue weighted by Crippen LogP contribution is -2.30. The average Bonchev–Trinajstić information content (AvgIpc) is 2.45. The van der Waals surface area contributed by atoms with Crippen LogP contribution in [0, 0.1) is 13.8 Å². The minimum atomic E-state index is -0.779. The number of hydrogen-bond donors (Lipinski definition) is 1. The molecule has 0 unspecified atom stereocenters. The van der Waals surface area contributed by atoms with Gasteiger partial charge in [-0.05, 0) is 26.8 Å². The van der Waals surface area contributed by atoms with Crippen molar-refractivity contribution in [2.75, 3.05) is 13.1 Å². The number of hydrogen-bond acceptors (Lipinski definition) is 4. The van der Waals surface area contributed by atoms with Crippen LogP contribution in [0.1, 0.15) is 28.9 Å². The summed E-state index contributed by atoms with van der Waals surface area (Å²) in [6.07, 6.45) is 0.955. The molecule has 1 N–H and O–H groups in total. The van der Waals surface area contributed by atoms with E-state index in [4.69, 9.17) is 5.11 Å². The second-order valence-corrected chi connectivity index (χ2v) is 5.14. The van der Waals surface area contributed by atoms with E-state index in [1.165, 1.54) is 4.88 Å². The molecule has 0 aliphatic heterocycles. The molecule has 0 saturated carbocycles. The van der Waals surface area contributed by atoms with Crippen molar-refractivity contribution in [3.63, 3.8) is 0 Å². The van der Waals surface area contributed by atoms with E-state index in [1.807, 2.05) is 25.7 Å². The molecule has 0 aliphatic carbocycles. The summed E-state index contributed by atoms with van der Waals surface area (Å²) in [7, 11) is 0. The Morgan fingerprint density at radius 3 is 2.62 bits per heavy atom. The van der Waals surface area contributed by atoms with Gasteiger partial charge in [-0.1, -0.05) is 6.92 Å². The summed E-state index contributed by atoms with van der Waals surface area (Å²) in [5.41, 5.74) is 1.05. The van der Waals surface area contributed by atoms with Crippen molar-refractivity contribution >= 4 is 17.3 Å². The fraction of sp³-hybridized carbons (Fsp3) is 0.636. The minimum absolute atomic E-state index is 0.0888. The molecule has 16 heavy (non-hydrogen) atoms. The van der Waals surface area contributed by atoms with Gasteiger partial charge in [0.25, 0.3) is 0 Å². The number of carbonyl (C=O) groups is 1. The van der Waals surface area contributed by atoms with Crippen LogP contribution in [0.5, 0.6) is 0 Å². The maximum absolute atomic E-state index is 10.7. The lowest BCUT2D eigenvalue weighted by atomic mass is 10.4. The molecule has 1 heterocycles. The molecule has 0 amide bonds. The van der Waals surface area contributed by atoms with Crippen LogP contribution >= 0.6 is 11.3 Å². The fourth-order valence-electron chi connectivity index (χ4n) is 1.52. The lowest BCUT2D eigenvalue weighted by molar-refractivity contribution is -0.138. The van der Waals surface area contributed by atoms with E-state index in [-0.39, 0.29) is 6.54 Å². The van der Waals surface area contributed by atoms with Gasteiger partial charge in [0.15, 0.2) is 0 Å². The largest absolute Gasteiger partial charge is 0.480 e. The molecule has 4 nitrogen and oxygen atoms in total. The molecular formula is C11H18N2O2S. The summed E-state index contributed by atoms with van der Waals surface area (Å²) in [6, 6.07) is 0. The van der Waals surface area contributed by atoms with Crippen molar-refractivity contribution in [1.82, 2.24) is 9.88 Å². The first-order chi connectivity index (χ1) is 7.52. The van der Waals surface area contributed by atoms with Gasteiger partial charge in [0.2, 0.25) is 0 Å². The number of thiazole rings is 1. The minimum Gasteiger partial charge on any atom is -0.480 e. The molecule has 0 atom stereocenters. The van der Waals surface area contributed by atoms with Crippen LogP contribution < -0.4 is 0 Å². The molecular weight excluding hydrogens is 224 g/mol. The Balaban J connectivity index is 2.63. The number of aliphatic carboxylic acids is 1. The predicted octanol–water partition coefficient (Wildman–Crippen LogP) is 2.06. The standard InChI is InChI=1S/C11H18N2O2S/c1-4-5-13(7-11(14)15)6-10-12-8(2)9(3)16-10/h4-7H2,1-3H3,(H,14,15). The van der Waals surface area contributed by atoms with Crippen LogP contribution in [0.15, 0.2) is 0 Å². The summed E-state index contributed by atoms with van der Waals surface area (Å²) in [5.74, 6) is -0.779. The first kappa shape index (κ1) is 13.1. The number of aryl methyl sites for hydroxylation is 2. The van der Waals surface area contributed by atoms with Crippen LogP contribution in [0.4, 0.5) is 0 Å². The molecule has 5 heteroatoms. The Morgan fingerprint density at radius 2 is 2.19 bits per heavy atom. The molecule has 0 radical (unpaired) electrons. The summed E-state index contributed by atoms with van der Waals surface area (Å²) >= 11 is 1.65. The molecule has 1 aromatic heterocycles. The van der Waals surface area contributed by atoms with Crippen LogP contribution in [0.3, 0.4) is 0 Å². The van der Waals surface area contributed by atoms with Crippen molar-refractivity contribution in [1.29, 1.82) is 0 Å². The molecule has 0 fully saturated rings. The number of nitrogens with zero attached hydrogens (tertiary/aromatic N) is 2. The van der Waals surface area contributed by atoms with Crippen molar-refractivity contribution in [2.24, 2.45) is 0 Å². The smallest absolute Gasteiger partial charge is 0.317 e. The second-order valence-electron chi connectivity index (χ2n) is 3.85. The first-order valence-electron chi connectivity index (χ1n) is 5.40. The van der Waals surface area contributed by atoms with E-state index in [2.05, 4.69) is 4.98 Å². The molecule has 90 valence electrons. The Labute approximate surface area is 99.9 Å². The lowest BCUT2D eigenvalue weighted by Gasteiger charge is -2.17. The molecule has 1 rings (SSSR count). The number of carboxylic acids is 1. The van der Waals surface area contributed by atoms with Gasteiger partial charge in [-0.2, -0.15) is 0 Å². The second kappa shape index (κ2) is 5.96. The zero-order valence-corrected chi connectivity index (χ0v) is 10.8. The molecule has 0 aromatic carbocycles. The van der Waals surface area contributed by atoms with E-state index in [0.29, 0.717) is 6.54 Å². The van der Waals surface area contributed by atoms with Gasteiger partial charge < -0.3 is 5.11 Å². The maximum atomic E-state index is 10.7. The number of rotatable bonds is 6. The van der Waals surface area contributed by atoms with E-state index in [1.54, 1.807) is 11.3 Å². The van der Waals surface area contributed by atoms with Gasteiger partial charge in [0.05, 0.1) is 18.8 Å². The van der Waals surface area contributed by atoms with Crippen LogP contribution in [0.2, 0.25) is 0 Å². The first-order valence-corrected chi connectivity index (χ1v) is 6.21. The van der Waals surface area contributed by atoms with E-state index < -0.39 is 5.97 Å². The van der Waals surface area contributed by atoms with E-state index in [9.17, 15) is 4.79 Å². The van der Waals surface area contributed by atoms with Crippen molar-refractivity contribution in [3.8, 4) is 0 Å². The SMILES string of the molecule is CCCN(CC(=O)O)Cc1nc(C)c(C)s1. The van der Waals surface area contributed by atoms with Crippen molar-refractivity contribution in [3.05, 3.63) is 15.6 Å². The van der Waals surface area contributed by atoms with Crippen LogP contribution in [-0.2, 0) is 11.3 Å². The molecule has 0 bridgehead atoms. The predicted molar refractivity (Wildman–Crippen MR) is 64.8 cm³/mol. The van der Waals surface area contributed by atoms with E-state index in [0.717, 1.165) is 23.7 Å². The van der Waals surface area contributed by atoms with Crippen LogP contribution in [-0.4, -0.2) is 34.0 Å². The summed E-state index contributed by atoms with van der Waals surface area (Å²) < 4.78 is 0. The average molecular weight is 242 g/mol. The van der Waals surface area contributed by atoms with Gasteiger partial charge in [-0.3, -0.25) is 9.69 Å². The van der Waals surface area contributed by atoms with Gasteiger partial charge in [-0.15, -0.1) is 11.3 Å². The number of carboxylic acid groups (broad SMARTS) is 1. The normalized spacial score (nSPS) is 11.0. The highest BCUT2D eigenvalue weighted by Crippen LogP contribution is 2.18. The summed E-state index contributed by atoms with van der Waals surface area (Å²) in [5, 5.41) is 9.79. The topological polar surface area (TPSA) is 53.4 Å². The Bertz CT molecular complexity index is 343. The third-order valence-electron chi connectivity index (χ3n) is 2.33. The summed E-state index contributed by atoms with van der Waals surface area (Å²) in [4.78, 5) is 18.2. The molecule has 1 aromatic rings. The Hall–Kier alpha value is -0.940. The third-order valence-corrected chi connectivity index (χ3v) is 3.39. The van der Waals surface area contributed by atoms with Crippen molar-refractivity contribution in [2.45, 2.75) is 33.7 Å². The molecule has 0 spiro atoms. The van der Waals surface area contributed by atoms with Gasteiger partial charge >= 0.3 is 5.97 Å². The van der Waals surface area contributed by atoms with Gasteiger partial charge in [0, 0.05) is 4.88 Å². The highest BCUT2D eigenvalue weighted by Gasteiger charge is 2.12. The maximum Gasteiger partial charge on any atom is 0.317 e. The number of aromatic nitrogens is 1. The highest BCUT2D eigenvalue weighted by molar-refractivity contribution is 7.11. The zero-order chi connectivity index (χ0) is 12.1.